The van der Waals surface area contributed by atoms with Gasteiger partial charge in [-0.1, -0.05) is 27.7 Å². The van der Waals surface area contributed by atoms with Crippen LogP contribution in [-0.2, 0) is 11.4 Å². The molecule has 1 aliphatic rings. The Morgan fingerprint density at radius 1 is 1.20 bits per heavy atom. The van der Waals surface area contributed by atoms with Crippen molar-refractivity contribution in [2.24, 2.45) is 16.7 Å². The summed E-state index contributed by atoms with van der Waals surface area (Å²) in [5.74, 6) is 0.584. The molecule has 1 saturated carbocycles. The van der Waals surface area contributed by atoms with Crippen LogP contribution in [0.4, 0.5) is 10.2 Å². The first kappa shape index (κ1) is 17.3. The van der Waals surface area contributed by atoms with Gasteiger partial charge in [-0.2, -0.15) is 0 Å². The van der Waals surface area contributed by atoms with Crippen molar-refractivity contribution in [2.75, 3.05) is 5.32 Å². The molecule has 0 saturated heterocycles. The smallest absolute Gasteiger partial charge is 0.229 e. The molecule has 0 radical (unpaired) electrons. The predicted octanol–water partition coefficient (Wildman–Crippen LogP) is 3.82. The van der Waals surface area contributed by atoms with Crippen LogP contribution in [0.2, 0.25) is 0 Å². The highest BCUT2D eigenvalue weighted by atomic mass is 19.1. The Hall–Kier alpha value is -2.50. The zero-order chi connectivity index (χ0) is 18.2. The number of aromatic nitrogens is 2. The molecule has 5 nitrogen and oxygen atoms in total. The molecule has 132 valence electrons. The molecular weight excluding hydrogens is 321 g/mol. The second-order valence-electron chi connectivity index (χ2n) is 7.54. The molecule has 0 unspecified atom stereocenters. The largest absolute Gasteiger partial charge is 0.487 e. The lowest BCUT2D eigenvalue weighted by Gasteiger charge is -2.08. The number of amides is 1. The van der Waals surface area contributed by atoms with Crippen molar-refractivity contribution in [1.82, 2.24) is 9.97 Å². The maximum Gasteiger partial charge on any atom is 0.229 e. The number of carbonyl (C=O) groups is 1. The van der Waals surface area contributed by atoms with E-state index >= 15 is 0 Å². The number of nitrogens with one attached hydrogen (secondary N) is 1. The molecule has 1 fully saturated rings. The summed E-state index contributed by atoms with van der Waals surface area (Å²) in [5, 5.41) is 2.86. The van der Waals surface area contributed by atoms with Crippen molar-refractivity contribution < 1.29 is 13.9 Å². The van der Waals surface area contributed by atoms with E-state index in [1.165, 1.54) is 12.3 Å². The summed E-state index contributed by atoms with van der Waals surface area (Å²) in [6, 6.07) is 4.78. The Balaban J connectivity index is 1.57. The number of hydrogen-bond donors (Lipinski definition) is 1. The topological polar surface area (TPSA) is 64.1 Å². The first-order chi connectivity index (χ1) is 11.7. The van der Waals surface area contributed by atoms with Gasteiger partial charge in [-0.15, -0.1) is 0 Å². The van der Waals surface area contributed by atoms with E-state index in [-0.39, 0.29) is 29.3 Å². The SMILES string of the molecule is CC1(C)C(C(=O)Nc2ccc(OCc3cncc(F)c3)cn2)C1(C)C. The van der Waals surface area contributed by atoms with E-state index in [1.807, 2.05) is 0 Å². The lowest BCUT2D eigenvalue weighted by Crippen LogP contribution is -2.18. The highest BCUT2D eigenvalue weighted by Crippen LogP contribution is 2.68. The van der Waals surface area contributed by atoms with E-state index in [4.69, 9.17) is 4.74 Å². The Labute approximate surface area is 146 Å². The first-order valence-corrected chi connectivity index (χ1v) is 8.21. The molecule has 1 N–H and O–H groups in total. The molecule has 0 aromatic carbocycles. The van der Waals surface area contributed by atoms with Crippen LogP contribution in [0.15, 0.2) is 36.8 Å². The minimum absolute atomic E-state index is 0.0120. The van der Waals surface area contributed by atoms with Crippen molar-refractivity contribution in [3.05, 3.63) is 48.2 Å². The fraction of sp³-hybridized carbons (Fsp3) is 0.421. The molecule has 0 aliphatic heterocycles. The second-order valence-corrected chi connectivity index (χ2v) is 7.54. The summed E-state index contributed by atoms with van der Waals surface area (Å²) >= 11 is 0. The van der Waals surface area contributed by atoms with Crippen LogP contribution < -0.4 is 10.1 Å². The lowest BCUT2D eigenvalue weighted by atomic mass is 10.0. The van der Waals surface area contributed by atoms with Gasteiger partial charge in [0.25, 0.3) is 0 Å². The monoisotopic (exact) mass is 343 g/mol. The predicted molar refractivity (Wildman–Crippen MR) is 92.4 cm³/mol. The highest BCUT2D eigenvalue weighted by Gasteiger charge is 2.68. The quantitative estimate of drug-likeness (QED) is 0.896. The van der Waals surface area contributed by atoms with Crippen LogP contribution in [0.5, 0.6) is 5.75 Å². The van der Waals surface area contributed by atoms with Crippen molar-refractivity contribution in [3.8, 4) is 5.75 Å². The summed E-state index contributed by atoms with van der Waals surface area (Å²) in [6.07, 6.45) is 4.22. The Bertz CT molecular complexity index is 774. The normalized spacial score (nSPS) is 17.8. The maximum atomic E-state index is 13.1. The first-order valence-electron chi connectivity index (χ1n) is 8.21. The van der Waals surface area contributed by atoms with Crippen LogP contribution >= 0.6 is 0 Å². The molecule has 1 aliphatic carbocycles. The standard InChI is InChI=1S/C19H22FN3O2/c1-18(2)16(19(18,3)4)17(24)23-15-6-5-14(10-22-15)25-11-12-7-13(20)9-21-8-12/h5-10,16H,11H2,1-4H3,(H,22,23,24). The number of hydrogen-bond acceptors (Lipinski definition) is 4. The zero-order valence-corrected chi connectivity index (χ0v) is 14.8. The van der Waals surface area contributed by atoms with E-state index in [0.29, 0.717) is 17.1 Å². The van der Waals surface area contributed by atoms with Gasteiger partial charge in [-0.05, 0) is 29.0 Å². The van der Waals surface area contributed by atoms with E-state index in [2.05, 4.69) is 43.0 Å². The number of ether oxygens (including phenoxy) is 1. The van der Waals surface area contributed by atoms with Gasteiger partial charge in [0.2, 0.25) is 5.91 Å². The van der Waals surface area contributed by atoms with Crippen molar-refractivity contribution in [1.29, 1.82) is 0 Å². The second kappa shape index (κ2) is 6.10. The van der Waals surface area contributed by atoms with Gasteiger partial charge in [0.15, 0.2) is 0 Å². The summed E-state index contributed by atoms with van der Waals surface area (Å²) in [7, 11) is 0. The molecule has 0 bridgehead atoms. The lowest BCUT2D eigenvalue weighted by molar-refractivity contribution is -0.118. The van der Waals surface area contributed by atoms with Crippen LogP contribution in [-0.4, -0.2) is 15.9 Å². The van der Waals surface area contributed by atoms with Gasteiger partial charge in [0.05, 0.1) is 12.4 Å². The van der Waals surface area contributed by atoms with Gasteiger partial charge in [-0.25, -0.2) is 9.37 Å². The Morgan fingerprint density at radius 3 is 2.48 bits per heavy atom. The van der Waals surface area contributed by atoms with Gasteiger partial charge >= 0.3 is 0 Å². The van der Waals surface area contributed by atoms with Gasteiger partial charge in [-0.3, -0.25) is 9.78 Å². The van der Waals surface area contributed by atoms with Crippen LogP contribution in [0, 0.1) is 22.6 Å². The van der Waals surface area contributed by atoms with Crippen LogP contribution in [0.3, 0.4) is 0 Å². The molecule has 3 rings (SSSR count). The molecular formula is C19H22FN3O2. The molecule has 2 aromatic heterocycles. The highest BCUT2D eigenvalue weighted by molar-refractivity contribution is 5.95. The van der Waals surface area contributed by atoms with Crippen LogP contribution in [0.1, 0.15) is 33.3 Å². The molecule has 1 amide bonds. The molecule has 6 heteroatoms. The van der Waals surface area contributed by atoms with Gasteiger partial charge in [0.1, 0.15) is 24.0 Å². The van der Waals surface area contributed by atoms with E-state index in [0.717, 1.165) is 6.20 Å². The summed E-state index contributed by atoms with van der Waals surface area (Å²) in [6.45, 7) is 8.60. The summed E-state index contributed by atoms with van der Waals surface area (Å²) < 4.78 is 18.6. The summed E-state index contributed by atoms with van der Waals surface area (Å²) in [4.78, 5) is 20.4. The average Bonchev–Trinajstić information content (AvgIpc) is 2.96. The number of nitrogens with zero attached hydrogens (tertiary/aromatic N) is 2. The minimum Gasteiger partial charge on any atom is -0.487 e. The van der Waals surface area contributed by atoms with E-state index in [9.17, 15) is 9.18 Å². The van der Waals surface area contributed by atoms with Crippen molar-refractivity contribution in [2.45, 2.75) is 34.3 Å². The average molecular weight is 343 g/mol. The van der Waals surface area contributed by atoms with Crippen molar-refractivity contribution in [3.63, 3.8) is 0 Å². The van der Waals surface area contributed by atoms with Gasteiger partial charge in [0, 0.05) is 17.7 Å². The third-order valence-corrected chi connectivity index (χ3v) is 5.44. The maximum absolute atomic E-state index is 13.1. The minimum atomic E-state index is -0.400. The molecule has 0 atom stereocenters. The van der Waals surface area contributed by atoms with Crippen LogP contribution in [0.25, 0.3) is 0 Å². The number of rotatable bonds is 5. The van der Waals surface area contributed by atoms with E-state index in [1.54, 1.807) is 18.3 Å². The van der Waals surface area contributed by atoms with Gasteiger partial charge < -0.3 is 10.1 Å². The number of pyridine rings is 2. The Morgan fingerprint density at radius 2 is 1.92 bits per heavy atom. The zero-order valence-electron chi connectivity index (χ0n) is 14.8. The molecule has 2 aromatic rings. The third kappa shape index (κ3) is 3.34. The molecule has 0 spiro atoms. The number of anilines is 1. The number of halogens is 1. The fourth-order valence-electron chi connectivity index (χ4n) is 3.29. The van der Waals surface area contributed by atoms with E-state index < -0.39 is 5.82 Å². The molecule has 25 heavy (non-hydrogen) atoms. The van der Waals surface area contributed by atoms with Crippen molar-refractivity contribution >= 4 is 11.7 Å². The fourth-order valence-corrected chi connectivity index (χ4v) is 3.29. The third-order valence-electron chi connectivity index (χ3n) is 5.44. The number of carbonyl (C=O) groups excluding carboxylic acids is 1. The Kier molecular flexibility index (Phi) is 4.22. The molecule has 2 heterocycles. The summed E-state index contributed by atoms with van der Waals surface area (Å²) in [5.41, 5.74) is 0.605.